The molecule has 0 aliphatic rings. The molecular weight excluding hydrogens is 471 g/mol. The van der Waals surface area contributed by atoms with Crippen molar-refractivity contribution in [3.05, 3.63) is 23.8 Å². The molecule has 0 aliphatic carbocycles. The number of benzene rings is 1. The van der Waals surface area contributed by atoms with Crippen LogP contribution in [-0.4, -0.2) is 54.0 Å². The van der Waals surface area contributed by atoms with E-state index in [1.807, 2.05) is 25.1 Å². The number of hydrogen-bond acceptors (Lipinski definition) is 5. The Morgan fingerprint density at radius 2 is 1.77 bits per heavy atom. The Balaban J connectivity index is 0.00000625. The van der Waals surface area contributed by atoms with Gasteiger partial charge in [0.1, 0.15) is 0 Å². The van der Waals surface area contributed by atoms with E-state index in [9.17, 15) is 8.42 Å². The van der Waals surface area contributed by atoms with Gasteiger partial charge in [0, 0.05) is 19.6 Å². The van der Waals surface area contributed by atoms with Crippen LogP contribution in [0.1, 0.15) is 19.4 Å². The Labute approximate surface area is 173 Å². The van der Waals surface area contributed by atoms with Gasteiger partial charge in [-0.25, -0.2) is 18.1 Å². The fourth-order valence-corrected chi connectivity index (χ4v) is 2.60. The van der Waals surface area contributed by atoms with Gasteiger partial charge < -0.3 is 20.1 Å². The smallest absolute Gasteiger partial charge is 0.211 e. The second kappa shape index (κ2) is 13.0. The van der Waals surface area contributed by atoms with Crippen LogP contribution in [0.4, 0.5) is 0 Å². The lowest BCUT2D eigenvalue weighted by atomic mass is 10.2. The highest BCUT2D eigenvalue weighted by Gasteiger charge is 2.06. The standard InChI is InChI=1S/C16H28N4O4S.HI/c1-5-17-16(18-9-10-20-25(21,22)6-2)19-12-13-7-8-14(23-3)15(11-13)24-4;/h7-8,11,20H,5-6,9-10,12H2,1-4H3,(H2,17,18,19);1H. The summed E-state index contributed by atoms with van der Waals surface area (Å²) in [7, 11) is 0.00870. The Hall–Kier alpha value is -1.27. The summed E-state index contributed by atoms with van der Waals surface area (Å²) >= 11 is 0. The molecule has 3 N–H and O–H groups in total. The van der Waals surface area contributed by atoms with Gasteiger partial charge in [0.25, 0.3) is 0 Å². The van der Waals surface area contributed by atoms with Crippen LogP contribution >= 0.6 is 24.0 Å². The van der Waals surface area contributed by atoms with Gasteiger partial charge in [-0.2, -0.15) is 0 Å². The van der Waals surface area contributed by atoms with E-state index in [-0.39, 0.29) is 29.7 Å². The van der Waals surface area contributed by atoms with Crippen LogP contribution in [0.3, 0.4) is 0 Å². The van der Waals surface area contributed by atoms with Crippen LogP contribution in [0.25, 0.3) is 0 Å². The van der Waals surface area contributed by atoms with Crippen molar-refractivity contribution >= 4 is 40.0 Å². The van der Waals surface area contributed by atoms with Crippen molar-refractivity contribution in [3.8, 4) is 11.5 Å². The number of ether oxygens (including phenoxy) is 2. The molecule has 1 aromatic carbocycles. The lowest BCUT2D eigenvalue weighted by molar-refractivity contribution is 0.354. The number of aliphatic imine (C=N–C) groups is 1. The van der Waals surface area contributed by atoms with Crippen LogP contribution in [0, 0.1) is 0 Å². The summed E-state index contributed by atoms with van der Waals surface area (Å²) < 4.78 is 35.8. The first-order chi connectivity index (χ1) is 12.0. The maximum absolute atomic E-state index is 11.4. The van der Waals surface area contributed by atoms with Crippen LogP contribution in [0.2, 0.25) is 0 Å². The highest BCUT2D eigenvalue weighted by atomic mass is 127. The summed E-state index contributed by atoms with van der Waals surface area (Å²) in [6, 6.07) is 5.63. The second-order valence-corrected chi connectivity index (χ2v) is 7.20. The number of nitrogens with zero attached hydrogens (tertiary/aromatic N) is 1. The average molecular weight is 500 g/mol. The Bertz CT molecular complexity index is 668. The normalized spacial score (nSPS) is 11.5. The molecule has 0 radical (unpaired) electrons. The third-order valence-corrected chi connectivity index (χ3v) is 4.74. The van der Waals surface area contributed by atoms with E-state index in [4.69, 9.17) is 9.47 Å². The molecule has 150 valence electrons. The van der Waals surface area contributed by atoms with Crippen molar-refractivity contribution in [2.24, 2.45) is 4.99 Å². The topological polar surface area (TPSA) is 101 Å². The molecule has 26 heavy (non-hydrogen) atoms. The van der Waals surface area contributed by atoms with Crippen molar-refractivity contribution in [1.29, 1.82) is 0 Å². The van der Waals surface area contributed by atoms with Crippen molar-refractivity contribution in [2.45, 2.75) is 20.4 Å². The third kappa shape index (κ3) is 8.90. The number of nitrogens with one attached hydrogen (secondary N) is 3. The molecule has 10 heteroatoms. The maximum Gasteiger partial charge on any atom is 0.211 e. The summed E-state index contributed by atoms with van der Waals surface area (Å²) in [5.41, 5.74) is 0.974. The van der Waals surface area contributed by atoms with E-state index < -0.39 is 10.0 Å². The largest absolute Gasteiger partial charge is 0.493 e. The number of sulfonamides is 1. The molecule has 0 saturated heterocycles. The minimum Gasteiger partial charge on any atom is -0.493 e. The minimum absolute atomic E-state index is 0. The average Bonchev–Trinajstić information content (AvgIpc) is 2.62. The Morgan fingerprint density at radius 3 is 2.35 bits per heavy atom. The van der Waals surface area contributed by atoms with Crippen LogP contribution in [0.5, 0.6) is 11.5 Å². The monoisotopic (exact) mass is 500 g/mol. The van der Waals surface area contributed by atoms with E-state index >= 15 is 0 Å². The first-order valence-electron chi connectivity index (χ1n) is 8.16. The third-order valence-electron chi connectivity index (χ3n) is 3.33. The molecule has 0 aromatic heterocycles. The molecule has 1 aromatic rings. The van der Waals surface area contributed by atoms with Gasteiger partial charge in [0.15, 0.2) is 17.5 Å². The van der Waals surface area contributed by atoms with Crippen LogP contribution in [-0.2, 0) is 16.6 Å². The summed E-state index contributed by atoms with van der Waals surface area (Å²) in [6.07, 6.45) is 0. The molecule has 0 unspecified atom stereocenters. The molecule has 0 fully saturated rings. The molecule has 0 bridgehead atoms. The van der Waals surface area contributed by atoms with Gasteiger partial charge in [-0.3, -0.25) is 0 Å². The zero-order chi connectivity index (χ0) is 18.7. The fraction of sp³-hybridized carbons (Fsp3) is 0.562. The number of rotatable bonds is 10. The van der Waals surface area contributed by atoms with Gasteiger partial charge in [-0.15, -0.1) is 24.0 Å². The van der Waals surface area contributed by atoms with E-state index in [2.05, 4.69) is 20.3 Å². The Kier molecular flexibility index (Phi) is 12.3. The molecule has 0 aliphatic heterocycles. The van der Waals surface area contributed by atoms with Crippen LogP contribution in [0.15, 0.2) is 23.2 Å². The number of halogens is 1. The van der Waals surface area contributed by atoms with Crippen molar-refractivity contribution < 1.29 is 17.9 Å². The molecule has 0 amide bonds. The predicted octanol–water partition coefficient (Wildman–Crippen LogP) is 1.32. The first-order valence-corrected chi connectivity index (χ1v) is 9.81. The van der Waals surface area contributed by atoms with Gasteiger partial charge in [0.2, 0.25) is 10.0 Å². The number of hydrogen-bond donors (Lipinski definition) is 3. The molecule has 1 rings (SSSR count). The lowest BCUT2D eigenvalue weighted by Crippen LogP contribution is -2.41. The van der Waals surface area contributed by atoms with E-state index in [1.165, 1.54) is 0 Å². The van der Waals surface area contributed by atoms with Crippen molar-refractivity contribution in [2.75, 3.05) is 39.6 Å². The van der Waals surface area contributed by atoms with E-state index in [1.54, 1.807) is 21.1 Å². The van der Waals surface area contributed by atoms with Gasteiger partial charge in [-0.1, -0.05) is 6.07 Å². The molecule has 0 heterocycles. The summed E-state index contributed by atoms with van der Waals surface area (Å²) in [5.74, 6) is 2.01. The van der Waals surface area contributed by atoms with Gasteiger partial charge in [-0.05, 0) is 31.5 Å². The Morgan fingerprint density at radius 1 is 1.08 bits per heavy atom. The van der Waals surface area contributed by atoms with Gasteiger partial charge in [0.05, 0.1) is 26.5 Å². The molecular formula is C16H29IN4O4S. The zero-order valence-electron chi connectivity index (χ0n) is 15.7. The van der Waals surface area contributed by atoms with Gasteiger partial charge >= 0.3 is 0 Å². The predicted molar refractivity (Wildman–Crippen MR) is 115 cm³/mol. The summed E-state index contributed by atoms with van der Waals surface area (Å²) in [5, 5.41) is 6.22. The van der Waals surface area contributed by atoms with Crippen LogP contribution < -0.4 is 24.8 Å². The fourth-order valence-electron chi connectivity index (χ4n) is 1.98. The highest BCUT2D eigenvalue weighted by molar-refractivity contribution is 14.0. The first kappa shape index (κ1) is 24.7. The van der Waals surface area contributed by atoms with Crippen molar-refractivity contribution in [1.82, 2.24) is 15.4 Å². The maximum atomic E-state index is 11.4. The SMILES string of the molecule is CCNC(=NCc1ccc(OC)c(OC)c1)NCCNS(=O)(=O)CC.I. The molecule has 8 nitrogen and oxygen atoms in total. The van der Waals surface area contributed by atoms with Crippen molar-refractivity contribution in [3.63, 3.8) is 0 Å². The van der Waals surface area contributed by atoms with E-state index in [0.717, 1.165) is 5.56 Å². The summed E-state index contributed by atoms with van der Waals surface area (Å²) in [6.45, 7) is 5.47. The number of methoxy groups -OCH3 is 2. The molecule has 0 atom stereocenters. The summed E-state index contributed by atoms with van der Waals surface area (Å²) in [4.78, 5) is 4.49. The number of guanidine groups is 1. The quantitative estimate of drug-likeness (QED) is 0.194. The lowest BCUT2D eigenvalue weighted by Gasteiger charge is -2.12. The zero-order valence-corrected chi connectivity index (χ0v) is 18.8. The second-order valence-electron chi connectivity index (χ2n) is 5.11. The van der Waals surface area contributed by atoms with E-state index in [0.29, 0.717) is 43.6 Å². The highest BCUT2D eigenvalue weighted by Crippen LogP contribution is 2.27. The minimum atomic E-state index is -3.18. The molecule has 0 spiro atoms. The molecule has 0 saturated carbocycles.